The van der Waals surface area contributed by atoms with Gasteiger partial charge in [0.25, 0.3) is 5.91 Å². The Hall–Kier alpha value is -3.35. The van der Waals surface area contributed by atoms with E-state index in [0.717, 1.165) is 23.5 Å². The van der Waals surface area contributed by atoms with Gasteiger partial charge in [-0.15, -0.1) is 11.3 Å². The largest absolute Gasteiger partial charge is 0.386 e. The number of amides is 1. The number of anilines is 2. The van der Waals surface area contributed by atoms with E-state index >= 15 is 0 Å². The maximum Gasteiger partial charge on any atom is 0.251 e. The van der Waals surface area contributed by atoms with E-state index < -0.39 is 29.1 Å². The quantitative estimate of drug-likeness (QED) is 0.508. The molecule has 1 aromatic carbocycles. The number of pyridine rings is 1. The second-order valence-electron chi connectivity index (χ2n) is 7.52. The van der Waals surface area contributed by atoms with E-state index in [2.05, 4.69) is 16.4 Å². The highest BCUT2D eigenvalue weighted by Gasteiger charge is 2.24. The van der Waals surface area contributed by atoms with Crippen molar-refractivity contribution in [2.24, 2.45) is 5.73 Å². The molecule has 1 atom stereocenters. The molecular formula is C22H20F2N4O2S. The molecule has 31 heavy (non-hydrogen) atoms. The highest BCUT2D eigenvalue weighted by molar-refractivity contribution is 7.20. The van der Waals surface area contributed by atoms with Crippen LogP contribution in [0, 0.1) is 23.0 Å². The lowest BCUT2D eigenvalue weighted by atomic mass is 9.96. The number of nitriles is 1. The molecule has 0 aliphatic heterocycles. The Balaban J connectivity index is 2.05. The summed E-state index contributed by atoms with van der Waals surface area (Å²) in [7, 11) is 0. The lowest BCUT2D eigenvalue weighted by Crippen LogP contribution is -2.16. The molecule has 0 saturated carbocycles. The molecule has 0 aliphatic rings. The van der Waals surface area contributed by atoms with Gasteiger partial charge in [0.15, 0.2) is 0 Å². The lowest BCUT2D eigenvalue weighted by Gasteiger charge is -2.18. The van der Waals surface area contributed by atoms with Gasteiger partial charge in [0.1, 0.15) is 22.5 Å². The van der Waals surface area contributed by atoms with Crippen molar-refractivity contribution in [2.45, 2.75) is 32.3 Å². The Morgan fingerprint density at radius 2 is 1.94 bits per heavy atom. The van der Waals surface area contributed by atoms with Crippen LogP contribution in [0.1, 0.15) is 48.3 Å². The fraction of sp³-hybridized carbons (Fsp3) is 0.227. The predicted octanol–water partition coefficient (Wildman–Crippen LogP) is 4.79. The normalized spacial score (nSPS) is 12.3. The summed E-state index contributed by atoms with van der Waals surface area (Å²) in [5.74, 6) is -2.60. The molecule has 0 fully saturated rings. The number of primary amides is 1. The molecule has 6 nitrogen and oxygen atoms in total. The van der Waals surface area contributed by atoms with Crippen molar-refractivity contribution in [1.82, 2.24) is 4.98 Å². The smallest absolute Gasteiger partial charge is 0.251 e. The molecule has 3 aromatic rings. The van der Waals surface area contributed by atoms with Crippen molar-refractivity contribution in [3.05, 3.63) is 64.9 Å². The Morgan fingerprint density at radius 3 is 2.48 bits per heavy atom. The van der Waals surface area contributed by atoms with E-state index in [0.29, 0.717) is 11.5 Å². The van der Waals surface area contributed by atoms with Gasteiger partial charge in [-0.05, 0) is 56.7 Å². The number of hydrogen-bond donors (Lipinski definition) is 3. The average molecular weight is 442 g/mol. The number of hydrogen-bond acceptors (Lipinski definition) is 6. The summed E-state index contributed by atoms with van der Waals surface area (Å²) in [6.45, 7) is 4.55. The number of nitrogens with two attached hydrogens (primary N) is 1. The number of nitrogens with one attached hydrogen (secondary N) is 1. The third-order valence-electron chi connectivity index (χ3n) is 4.64. The van der Waals surface area contributed by atoms with E-state index in [1.807, 2.05) is 0 Å². The molecule has 2 heterocycles. The number of benzene rings is 1. The highest BCUT2D eigenvalue weighted by Crippen LogP contribution is 2.40. The van der Waals surface area contributed by atoms with Crippen LogP contribution in [0.5, 0.6) is 0 Å². The zero-order valence-corrected chi connectivity index (χ0v) is 17.8. The minimum Gasteiger partial charge on any atom is -0.386 e. The predicted molar refractivity (Wildman–Crippen MR) is 115 cm³/mol. The number of halogens is 2. The Labute approximate surface area is 182 Å². The van der Waals surface area contributed by atoms with Crippen LogP contribution in [-0.4, -0.2) is 16.0 Å². The Bertz CT molecular complexity index is 1170. The maximum absolute atomic E-state index is 14.8. The van der Waals surface area contributed by atoms with Gasteiger partial charge in [0.05, 0.1) is 34.4 Å². The average Bonchev–Trinajstić information content (AvgIpc) is 3.09. The van der Waals surface area contributed by atoms with Crippen LogP contribution in [0.3, 0.4) is 0 Å². The molecule has 3 rings (SSSR count). The van der Waals surface area contributed by atoms with E-state index in [4.69, 9.17) is 11.0 Å². The number of aliphatic hydroxyl groups is 1. The topological polar surface area (TPSA) is 112 Å². The summed E-state index contributed by atoms with van der Waals surface area (Å²) < 4.78 is 29.5. The molecule has 0 saturated heterocycles. The molecule has 9 heteroatoms. The van der Waals surface area contributed by atoms with Gasteiger partial charge >= 0.3 is 0 Å². The van der Waals surface area contributed by atoms with Gasteiger partial charge in [-0.25, -0.2) is 13.8 Å². The minimum absolute atomic E-state index is 0.0471. The SMILES string of the molecule is CC(C#N)c1cccc(Nc2sc(-c3c(F)cc(C(C)(C)O)cc3F)cc2C(N)=O)n1. The zero-order valence-electron chi connectivity index (χ0n) is 17.0. The second-order valence-corrected chi connectivity index (χ2v) is 8.57. The first-order chi connectivity index (χ1) is 14.5. The summed E-state index contributed by atoms with van der Waals surface area (Å²) in [4.78, 5) is 16.4. The molecule has 1 unspecified atom stereocenters. The number of thiophene rings is 1. The Morgan fingerprint density at radius 1 is 1.29 bits per heavy atom. The van der Waals surface area contributed by atoms with Crippen molar-refractivity contribution >= 4 is 28.1 Å². The number of carbonyl (C=O) groups excluding carboxylic acids is 1. The van der Waals surface area contributed by atoms with Gasteiger partial charge < -0.3 is 16.2 Å². The molecule has 4 N–H and O–H groups in total. The van der Waals surface area contributed by atoms with Crippen LogP contribution in [0.25, 0.3) is 10.4 Å². The van der Waals surface area contributed by atoms with Gasteiger partial charge in [-0.3, -0.25) is 4.79 Å². The van der Waals surface area contributed by atoms with Crippen LogP contribution in [0.2, 0.25) is 0 Å². The van der Waals surface area contributed by atoms with Crippen molar-refractivity contribution in [3.8, 4) is 16.5 Å². The summed E-state index contributed by atoms with van der Waals surface area (Å²) in [6.07, 6.45) is 0. The van der Waals surface area contributed by atoms with Crippen molar-refractivity contribution in [2.75, 3.05) is 5.32 Å². The number of nitrogens with zero attached hydrogens (tertiary/aromatic N) is 2. The molecule has 1 amide bonds. The highest BCUT2D eigenvalue weighted by atomic mass is 32.1. The lowest BCUT2D eigenvalue weighted by molar-refractivity contribution is 0.0778. The number of carbonyl (C=O) groups is 1. The monoisotopic (exact) mass is 442 g/mol. The van der Waals surface area contributed by atoms with Gasteiger partial charge in [0.2, 0.25) is 0 Å². The standard InChI is InChI=1S/C22H20F2N4O2S/c1-11(10-25)16-5-4-6-18(27-16)28-21-13(20(26)29)9-17(31-21)19-14(23)7-12(8-15(19)24)22(2,3)30/h4-9,11,30H,1-3H3,(H2,26,29)(H,27,28). The fourth-order valence-electron chi connectivity index (χ4n) is 2.90. The maximum atomic E-state index is 14.8. The first-order valence-corrected chi connectivity index (χ1v) is 10.1. The number of rotatable bonds is 6. The van der Waals surface area contributed by atoms with E-state index in [-0.39, 0.29) is 26.6 Å². The van der Waals surface area contributed by atoms with Crippen LogP contribution in [-0.2, 0) is 5.60 Å². The van der Waals surface area contributed by atoms with Crippen LogP contribution < -0.4 is 11.1 Å². The first kappa shape index (κ1) is 22.3. The van der Waals surface area contributed by atoms with Crippen molar-refractivity contribution in [1.29, 1.82) is 5.26 Å². The van der Waals surface area contributed by atoms with Crippen LogP contribution >= 0.6 is 11.3 Å². The van der Waals surface area contributed by atoms with Crippen LogP contribution in [0.15, 0.2) is 36.4 Å². The summed E-state index contributed by atoms with van der Waals surface area (Å²) in [6, 6.07) is 10.6. The second kappa shape index (κ2) is 8.41. The van der Waals surface area contributed by atoms with Crippen LogP contribution in [0.4, 0.5) is 19.6 Å². The van der Waals surface area contributed by atoms with E-state index in [1.165, 1.54) is 19.9 Å². The molecule has 160 valence electrons. The third-order valence-corrected chi connectivity index (χ3v) is 5.71. The van der Waals surface area contributed by atoms with E-state index in [9.17, 15) is 18.7 Å². The van der Waals surface area contributed by atoms with Crippen molar-refractivity contribution in [3.63, 3.8) is 0 Å². The molecule has 0 aliphatic carbocycles. The molecule has 0 bridgehead atoms. The zero-order chi connectivity index (χ0) is 22.9. The minimum atomic E-state index is -1.42. The summed E-state index contributed by atoms with van der Waals surface area (Å²) in [5, 5.41) is 22.3. The Kier molecular flexibility index (Phi) is 6.06. The van der Waals surface area contributed by atoms with Gasteiger partial charge in [0, 0.05) is 4.88 Å². The fourth-order valence-corrected chi connectivity index (χ4v) is 4.02. The van der Waals surface area contributed by atoms with Crippen molar-refractivity contribution < 1.29 is 18.7 Å². The van der Waals surface area contributed by atoms with Gasteiger partial charge in [-0.1, -0.05) is 6.07 Å². The molecule has 2 aromatic heterocycles. The molecule has 0 spiro atoms. The first-order valence-electron chi connectivity index (χ1n) is 9.30. The van der Waals surface area contributed by atoms with Gasteiger partial charge in [-0.2, -0.15) is 5.26 Å². The summed E-state index contributed by atoms with van der Waals surface area (Å²) >= 11 is 0.938. The molecular weight excluding hydrogens is 422 g/mol. The third kappa shape index (κ3) is 4.71. The summed E-state index contributed by atoms with van der Waals surface area (Å²) in [5.41, 5.74) is 4.38. The van der Waals surface area contributed by atoms with E-state index in [1.54, 1.807) is 25.1 Å². The molecule has 0 radical (unpaired) electrons. The number of aromatic nitrogens is 1.